The number of hydrogen-bond acceptors (Lipinski definition) is 8. The fourth-order valence-electron chi connectivity index (χ4n) is 3.55. The third-order valence-corrected chi connectivity index (χ3v) is 7.36. The van der Waals surface area contributed by atoms with Crippen molar-refractivity contribution in [1.82, 2.24) is 0 Å². The van der Waals surface area contributed by atoms with Gasteiger partial charge < -0.3 is 10.3 Å². The minimum atomic E-state index is -5.21. The van der Waals surface area contributed by atoms with Gasteiger partial charge in [-0.15, -0.1) is 0 Å². The van der Waals surface area contributed by atoms with Crippen LogP contribution in [0.5, 0.6) is 0 Å². The molecule has 2 aliphatic carbocycles. The van der Waals surface area contributed by atoms with Gasteiger partial charge in [0.25, 0.3) is 10.0 Å². The topological polar surface area (TPSA) is 164 Å². The Morgan fingerprint density at radius 2 is 1.55 bits per heavy atom. The Kier molecular flexibility index (Phi) is 6.59. The van der Waals surface area contributed by atoms with Gasteiger partial charge in [0.2, 0.25) is 0 Å². The summed E-state index contributed by atoms with van der Waals surface area (Å²) in [4.78, 5) is 25.1. The molecule has 0 unspecified atom stereocenters. The number of nitrogens with one attached hydrogen (secondary N) is 1. The predicted molar refractivity (Wildman–Crippen MR) is 116 cm³/mol. The van der Waals surface area contributed by atoms with Gasteiger partial charge >= 0.3 is 29.6 Å². The maximum Gasteiger partial charge on any atom is 1.00 e. The van der Waals surface area contributed by atoms with Crippen LogP contribution < -0.4 is 40.0 Å². The van der Waals surface area contributed by atoms with Gasteiger partial charge in [-0.25, -0.2) is 16.8 Å². The SMILES string of the molecule is C=C1C=CC(S(=O)(=O)Nc2cc(S(=O)(=O)[O-])c(N)c3c2C(=O)c2ccccc2C3=O)=CC1.[Na+]. The van der Waals surface area contributed by atoms with E-state index >= 15 is 0 Å². The summed E-state index contributed by atoms with van der Waals surface area (Å²) >= 11 is 0. The minimum absolute atomic E-state index is 0. The number of carbonyl (C=O) groups excluding carboxylic acids is 2. The van der Waals surface area contributed by atoms with E-state index in [1.165, 1.54) is 42.5 Å². The number of fused-ring (bicyclic) bond motifs is 2. The predicted octanol–water partition coefficient (Wildman–Crippen LogP) is -0.906. The van der Waals surface area contributed by atoms with Crippen LogP contribution in [0.25, 0.3) is 0 Å². The van der Waals surface area contributed by atoms with Crippen molar-refractivity contribution in [3.63, 3.8) is 0 Å². The molecule has 4 rings (SSSR count). The first kappa shape index (κ1) is 25.1. The van der Waals surface area contributed by atoms with E-state index in [2.05, 4.69) is 11.3 Å². The zero-order valence-electron chi connectivity index (χ0n) is 17.3. The van der Waals surface area contributed by atoms with Crippen LogP contribution in [0.1, 0.15) is 38.3 Å². The van der Waals surface area contributed by atoms with Gasteiger partial charge in [0.05, 0.1) is 32.3 Å². The second-order valence-electron chi connectivity index (χ2n) is 7.15. The Balaban J connectivity index is 0.00000306. The van der Waals surface area contributed by atoms with Crippen LogP contribution in [-0.4, -0.2) is 33.0 Å². The molecule has 0 heterocycles. The monoisotopic (exact) mass is 494 g/mol. The average molecular weight is 494 g/mol. The van der Waals surface area contributed by atoms with Crippen molar-refractivity contribution in [2.24, 2.45) is 0 Å². The van der Waals surface area contributed by atoms with E-state index < -0.39 is 59.1 Å². The molecule has 0 saturated carbocycles. The Bertz CT molecular complexity index is 1520. The minimum Gasteiger partial charge on any atom is -0.744 e. The number of nitrogens with two attached hydrogens (primary N) is 1. The first-order valence-corrected chi connectivity index (χ1v) is 12.0. The molecule has 0 amide bonds. The number of carbonyl (C=O) groups is 2. The summed E-state index contributed by atoms with van der Waals surface area (Å²) in [6.45, 7) is 3.72. The summed E-state index contributed by atoms with van der Waals surface area (Å²) in [5, 5.41) is 0. The molecule has 0 aromatic heterocycles. The molecular weight excluding hydrogens is 479 g/mol. The van der Waals surface area contributed by atoms with Gasteiger partial charge in [0.15, 0.2) is 11.6 Å². The van der Waals surface area contributed by atoms with Crippen LogP contribution in [0, 0.1) is 0 Å². The number of allylic oxidation sites excluding steroid dienone is 4. The largest absolute Gasteiger partial charge is 1.00 e. The van der Waals surface area contributed by atoms with E-state index in [9.17, 15) is 31.0 Å². The number of ketones is 2. The number of anilines is 2. The molecule has 0 radical (unpaired) electrons. The van der Waals surface area contributed by atoms with Crippen molar-refractivity contribution in [2.75, 3.05) is 10.5 Å². The molecule has 3 N–H and O–H groups in total. The van der Waals surface area contributed by atoms with E-state index in [-0.39, 0.29) is 52.0 Å². The Labute approximate surface area is 212 Å². The molecule has 0 atom stereocenters. The average Bonchev–Trinajstić information content (AvgIpc) is 2.72. The summed E-state index contributed by atoms with van der Waals surface area (Å²) in [5.74, 6) is -1.54. The fourth-order valence-corrected chi connectivity index (χ4v) is 5.30. The summed E-state index contributed by atoms with van der Waals surface area (Å²) < 4.78 is 63.3. The maximum atomic E-state index is 13.2. The van der Waals surface area contributed by atoms with Crippen LogP contribution in [0.2, 0.25) is 0 Å². The Morgan fingerprint density at radius 1 is 0.970 bits per heavy atom. The Hall–Kier alpha value is -2.54. The molecule has 12 heteroatoms. The van der Waals surface area contributed by atoms with Crippen LogP contribution in [-0.2, 0) is 20.1 Å². The molecule has 2 aromatic carbocycles. The van der Waals surface area contributed by atoms with E-state index in [0.29, 0.717) is 11.6 Å². The van der Waals surface area contributed by atoms with Crippen molar-refractivity contribution in [1.29, 1.82) is 0 Å². The quantitative estimate of drug-likeness (QED) is 0.268. The van der Waals surface area contributed by atoms with Gasteiger partial charge in [0, 0.05) is 11.1 Å². The first-order chi connectivity index (χ1) is 14.9. The number of benzene rings is 2. The standard InChI is InChI=1S/C21H16N2O7S2.Na/c1-11-6-8-12(9-7-11)31(26,27)23-15-10-16(32(28,29)30)19(22)18-17(15)20(24)13-4-2-3-5-14(13)21(18)25;/h2-6,8-10,23H,1,7,22H2,(H,28,29,30);/q;+1/p-1. The van der Waals surface area contributed by atoms with E-state index in [0.717, 1.165) is 0 Å². The zero-order valence-corrected chi connectivity index (χ0v) is 20.9. The number of sulfonamides is 1. The third-order valence-electron chi connectivity index (χ3n) is 5.07. The molecule has 33 heavy (non-hydrogen) atoms. The van der Waals surface area contributed by atoms with Gasteiger partial charge in [-0.05, 0) is 18.6 Å². The van der Waals surface area contributed by atoms with Crippen LogP contribution in [0.3, 0.4) is 0 Å². The van der Waals surface area contributed by atoms with Crippen LogP contribution in [0.15, 0.2) is 70.5 Å². The van der Waals surface area contributed by atoms with Crippen molar-refractivity contribution in [3.8, 4) is 0 Å². The number of hydrogen-bond donors (Lipinski definition) is 2. The summed E-state index contributed by atoms with van der Waals surface area (Å²) in [6, 6.07) is 6.41. The molecule has 2 aliphatic rings. The van der Waals surface area contributed by atoms with Crippen molar-refractivity contribution < 1.29 is 60.5 Å². The van der Waals surface area contributed by atoms with E-state index in [4.69, 9.17) is 5.73 Å². The molecule has 0 saturated heterocycles. The normalized spacial score (nSPS) is 15.3. The third kappa shape index (κ3) is 4.35. The molecule has 0 fully saturated rings. The molecule has 0 aliphatic heterocycles. The van der Waals surface area contributed by atoms with Gasteiger partial charge in [-0.2, -0.15) is 0 Å². The first-order valence-electron chi connectivity index (χ1n) is 9.11. The molecule has 164 valence electrons. The van der Waals surface area contributed by atoms with Gasteiger partial charge in [-0.1, -0.05) is 48.6 Å². The van der Waals surface area contributed by atoms with Crippen molar-refractivity contribution in [2.45, 2.75) is 11.3 Å². The molecular formula is C21H15N2NaO7S2. The second kappa shape index (κ2) is 8.67. The number of rotatable bonds is 4. The van der Waals surface area contributed by atoms with Crippen LogP contribution in [0.4, 0.5) is 11.4 Å². The summed E-state index contributed by atoms with van der Waals surface area (Å²) in [6.07, 6.45) is 4.41. The molecule has 9 nitrogen and oxygen atoms in total. The van der Waals surface area contributed by atoms with Gasteiger partial charge in [0.1, 0.15) is 10.1 Å². The van der Waals surface area contributed by atoms with E-state index in [1.54, 1.807) is 0 Å². The van der Waals surface area contributed by atoms with Crippen molar-refractivity contribution >= 4 is 43.1 Å². The summed E-state index contributed by atoms with van der Waals surface area (Å²) in [5.41, 5.74) is 4.25. The van der Waals surface area contributed by atoms with E-state index in [1.807, 2.05) is 0 Å². The second-order valence-corrected chi connectivity index (χ2v) is 10.2. The van der Waals surface area contributed by atoms with Crippen LogP contribution >= 0.6 is 0 Å². The van der Waals surface area contributed by atoms with Crippen molar-refractivity contribution in [3.05, 3.63) is 87.9 Å². The Morgan fingerprint density at radius 3 is 2.06 bits per heavy atom. The zero-order chi connectivity index (χ0) is 23.4. The molecule has 2 aromatic rings. The smallest absolute Gasteiger partial charge is 0.744 e. The van der Waals surface area contributed by atoms with Gasteiger partial charge in [-0.3, -0.25) is 14.3 Å². The maximum absolute atomic E-state index is 13.2. The summed E-state index contributed by atoms with van der Waals surface area (Å²) in [7, 11) is -9.51. The molecule has 0 bridgehead atoms. The number of nitrogen functional groups attached to an aromatic ring is 1. The fraction of sp³-hybridized carbons (Fsp3) is 0.0476. The molecule has 0 spiro atoms.